The standard InChI is InChI=1S/C13H16N4OS/c1-9-8-19-12(16-9)7-15-13(18)10-4-5-14-11(6-10)17(2)3/h4-6,8H,7H2,1-3H3,(H,15,18). The summed E-state index contributed by atoms with van der Waals surface area (Å²) in [6, 6.07) is 3.47. The number of nitrogens with zero attached hydrogens (tertiary/aromatic N) is 3. The molecule has 0 saturated carbocycles. The van der Waals surface area contributed by atoms with Crippen LogP contribution in [-0.4, -0.2) is 30.0 Å². The highest BCUT2D eigenvalue weighted by Crippen LogP contribution is 2.11. The zero-order valence-electron chi connectivity index (χ0n) is 11.2. The summed E-state index contributed by atoms with van der Waals surface area (Å²) in [5.41, 5.74) is 1.58. The van der Waals surface area contributed by atoms with E-state index in [1.165, 1.54) is 0 Å². The second kappa shape index (κ2) is 5.79. The zero-order valence-corrected chi connectivity index (χ0v) is 12.0. The fourth-order valence-corrected chi connectivity index (χ4v) is 2.26. The van der Waals surface area contributed by atoms with Gasteiger partial charge in [-0.25, -0.2) is 9.97 Å². The number of rotatable bonds is 4. The fourth-order valence-electron chi connectivity index (χ4n) is 1.55. The number of carbonyl (C=O) groups excluding carboxylic acids is 1. The Morgan fingerprint density at radius 2 is 2.26 bits per heavy atom. The average molecular weight is 276 g/mol. The van der Waals surface area contributed by atoms with E-state index in [0.29, 0.717) is 12.1 Å². The van der Waals surface area contributed by atoms with E-state index < -0.39 is 0 Å². The first-order chi connectivity index (χ1) is 9.06. The molecule has 1 N–H and O–H groups in total. The summed E-state index contributed by atoms with van der Waals surface area (Å²) in [4.78, 5) is 22.4. The van der Waals surface area contributed by atoms with Crippen molar-refractivity contribution in [2.45, 2.75) is 13.5 Å². The van der Waals surface area contributed by atoms with Crippen LogP contribution in [-0.2, 0) is 6.54 Å². The van der Waals surface area contributed by atoms with E-state index in [4.69, 9.17) is 0 Å². The third kappa shape index (κ3) is 3.51. The molecule has 0 aliphatic rings. The number of hydrogen-bond acceptors (Lipinski definition) is 5. The van der Waals surface area contributed by atoms with Crippen LogP contribution in [0.3, 0.4) is 0 Å². The highest BCUT2D eigenvalue weighted by molar-refractivity contribution is 7.09. The first-order valence-electron chi connectivity index (χ1n) is 5.89. The molecule has 0 atom stereocenters. The normalized spacial score (nSPS) is 10.3. The second-order valence-corrected chi connectivity index (χ2v) is 5.31. The van der Waals surface area contributed by atoms with Gasteiger partial charge in [0.2, 0.25) is 0 Å². The lowest BCUT2D eigenvalue weighted by molar-refractivity contribution is 0.0951. The van der Waals surface area contributed by atoms with E-state index in [1.807, 2.05) is 31.3 Å². The molecule has 0 unspecified atom stereocenters. The molecule has 0 bridgehead atoms. The van der Waals surface area contributed by atoms with Gasteiger partial charge < -0.3 is 10.2 Å². The number of hydrogen-bond donors (Lipinski definition) is 1. The third-order valence-electron chi connectivity index (χ3n) is 2.53. The number of anilines is 1. The molecule has 0 aliphatic heterocycles. The van der Waals surface area contributed by atoms with Gasteiger partial charge in [-0.1, -0.05) is 0 Å². The van der Waals surface area contributed by atoms with E-state index in [0.717, 1.165) is 16.5 Å². The van der Waals surface area contributed by atoms with Crippen molar-refractivity contribution in [3.63, 3.8) is 0 Å². The SMILES string of the molecule is Cc1csc(CNC(=O)c2ccnc(N(C)C)c2)n1. The molecule has 1 amide bonds. The van der Waals surface area contributed by atoms with Gasteiger partial charge in [0, 0.05) is 36.9 Å². The second-order valence-electron chi connectivity index (χ2n) is 4.36. The van der Waals surface area contributed by atoms with Crippen LogP contribution in [0.4, 0.5) is 5.82 Å². The molecule has 5 nitrogen and oxygen atoms in total. The van der Waals surface area contributed by atoms with Gasteiger partial charge in [-0.05, 0) is 19.1 Å². The Labute approximate surface area is 116 Å². The van der Waals surface area contributed by atoms with Crippen LogP contribution in [0.2, 0.25) is 0 Å². The minimum Gasteiger partial charge on any atom is -0.363 e. The fraction of sp³-hybridized carbons (Fsp3) is 0.308. The van der Waals surface area contributed by atoms with Gasteiger partial charge in [-0.2, -0.15) is 0 Å². The van der Waals surface area contributed by atoms with Crippen LogP contribution < -0.4 is 10.2 Å². The lowest BCUT2D eigenvalue weighted by Gasteiger charge is -2.11. The van der Waals surface area contributed by atoms with Crippen LogP contribution in [0.5, 0.6) is 0 Å². The lowest BCUT2D eigenvalue weighted by atomic mass is 10.2. The summed E-state index contributed by atoms with van der Waals surface area (Å²) in [7, 11) is 3.78. The maximum atomic E-state index is 12.0. The molecule has 2 aromatic heterocycles. The summed E-state index contributed by atoms with van der Waals surface area (Å²) in [6.45, 7) is 2.39. The number of pyridine rings is 1. The van der Waals surface area contributed by atoms with Crippen LogP contribution in [0.25, 0.3) is 0 Å². The largest absolute Gasteiger partial charge is 0.363 e. The highest BCUT2D eigenvalue weighted by Gasteiger charge is 2.08. The van der Waals surface area contributed by atoms with Gasteiger partial charge in [0.05, 0.1) is 6.54 Å². The van der Waals surface area contributed by atoms with E-state index in [1.54, 1.807) is 29.7 Å². The molecule has 0 fully saturated rings. The van der Waals surface area contributed by atoms with Crippen LogP contribution >= 0.6 is 11.3 Å². The molecular weight excluding hydrogens is 260 g/mol. The quantitative estimate of drug-likeness (QED) is 0.925. The van der Waals surface area contributed by atoms with Gasteiger partial charge in [0.15, 0.2) is 0 Å². The molecule has 2 rings (SSSR count). The van der Waals surface area contributed by atoms with E-state index in [9.17, 15) is 4.79 Å². The smallest absolute Gasteiger partial charge is 0.251 e. The maximum Gasteiger partial charge on any atom is 0.251 e. The van der Waals surface area contributed by atoms with E-state index >= 15 is 0 Å². The Morgan fingerprint density at radius 3 is 2.89 bits per heavy atom. The summed E-state index contributed by atoms with van der Waals surface area (Å²) in [5, 5.41) is 5.74. The first kappa shape index (κ1) is 13.5. The maximum absolute atomic E-state index is 12.0. The van der Waals surface area contributed by atoms with Gasteiger partial charge in [0.25, 0.3) is 5.91 Å². The predicted octanol–water partition coefficient (Wildman–Crippen LogP) is 1.84. The van der Waals surface area contributed by atoms with Crippen molar-refractivity contribution in [2.24, 2.45) is 0 Å². The van der Waals surface area contributed by atoms with Crippen LogP contribution in [0.1, 0.15) is 21.1 Å². The van der Waals surface area contributed by atoms with Crippen molar-refractivity contribution < 1.29 is 4.79 Å². The minimum atomic E-state index is -0.113. The summed E-state index contributed by atoms with van der Waals surface area (Å²) >= 11 is 1.55. The number of aryl methyl sites for hydroxylation is 1. The molecule has 19 heavy (non-hydrogen) atoms. The van der Waals surface area contributed by atoms with Crippen LogP contribution in [0.15, 0.2) is 23.7 Å². The topological polar surface area (TPSA) is 58.1 Å². The highest BCUT2D eigenvalue weighted by atomic mass is 32.1. The molecule has 6 heteroatoms. The van der Waals surface area contributed by atoms with E-state index in [2.05, 4.69) is 15.3 Å². The van der Waals surface area contributed by atoms with Crippen LogP contribution in [0, 0.1) is 6.92 Å². The Kier molecular flexibility index (Phi) is 4.11. The van der Waals surface area contributed by atoms with Gasteiger partial charge >= 0.3 is 0 Å². The molecule has 2 heterocycles. The van der Waals surface area contributed by atoms with Crippen molar-refractivity contribution in [3.05, 3.63) is 40.0 Å². The number of nitrogens with one attached hydrogen (secondary N) is 1. The summed E-state index contributed by atoms with van der Waals surface area (Å²) < 4.78 is 0. The number of amides is 1. The molecular formula is C13H16N4OS. The first-order valence-corrected chi connectivity index (χ1v) is 6.77. The van der Waals surface area contributed by atoms with Gasteiger partial charge in [-0.3, -0.25) is 4.79 Å². The Morgan fingerprint density at radius 1 is 1.47 bits per heavy atom. The Bertz CT molecular complexity index is 580. The zero-order chi connectivity index (χ0) is 13.8. The lowest BCUT2D eigenvalue weighted by Crippen LogP contribution is -2.23. The number of aromatic nitrogens is 2. The molecule has 0 spiro atoms. The van der Waals surface area contributed by atoms with Crippen molar-refractivity contribution in [1.82, 2.24) is 15.3 Å². The van der Waals surface area contributed by atoms with Gasteiger partial charge in [0.1, 0.15) is 10.8 Å². The van der Waals surface area contributed by atoms with Crippen molar-refractivity contribution in [2.75, 3.05) is 19.0 Å². The Balaban J connectivity index is 2.01. The molecule has 0 radical (unpaired) electrons. The molecule has 0 saturated heterocycles. The van der Waals surface area contributed by atoms with Crippen molar-refractivity contribution >= 4 is 23.1 Å². The number of carbonyl (C=O) groups is 1. The molecule has 100 valence electrons. The molecule has 0 aromatic carbocycles. The van der Waals surface area contributed by atoms with Gasteiger partial charge in [-0.15, -0.1) is 11.3 Å². The third-order valence-corrected chi connectivity index (χ3v) is 3.50. The molecule has 2 aromatic rings. The van der Waals surface area contributed by atoms with Crippen molar-refractivity contribution in [3.8, 4) is 0 Å². The Hall–Kier alpha value is -1.95. The van der Waals surface area contributed by atoms with E-state index in [-0.39, 0.29) is 5.91 Å². The average Bonchev–Trinajstić information content (AvgIpc) is 2.82. The summed E-state index contributed by atoms with van der Waals surface area (Å²) in [6.07, 6.45) is 1.64. The summed E-state index contributed by atoms with van der Waals surface area (Å²) in [5.74, 6) is 0.649. The van der Waals surface area contributed by atoms with Crippen molar-refractivity contribution in [1.29, 1.82) is 0 Å². The predicted molar refractivity (Wildman–Crippen MR) is 76.6 cm³/mol. The monoisotopic (exact) mass is 276 g/mol. The minimum absolute atomic E-state index is 0.113. The number of thiazole rings is 1. The molecule has 0 aliphatic carbocycles.